The van der Waals surface area contributed by atoms with Crippen molar-refractivity contribution in [2.45, 2.75) is 64.6 Å². The van der Waals surface area contributed by atoms with Crippen LogP contribution in [0.3, 0.4) is 0 Å². The van der Waals surface area contributed by atoms with E-state index in [1.807, 2.05) is 20.8 Å². The molecule has 6 nitrogen and oxygen atoms in total. The molecular formula is C21H31NO5. The van der Waals surface area contributed by atoms with Gasteiger partial charge < -0.3 is 23.8 Å². The van der Waals surface area contributed by atoms with Crippen LogP contribution in [0.25, 0.3) is 0 Å². The van der Waals surface area contributed by atoms with Gasteiger partial charge in [0.25, 0.3) is 5.91 Å². The van der Waals surface area contributed by atoms with E-state index in [2.05, 4.69) is 4.90 Å². The summed E-state index contributed by atoms with van der Waals surface area (Å²) in [5, 5.41) is 0. The number of hydrogen-bond donors (Lipinski definition) is 0. The number of methoxy groups -OCH3 is 1. The van der Waals surface area contributed by atoms with Crippen molar-refractivity contribution in [3.63, 3.8) is 0 Å². The van der Waals surface area contributed by atoms with Crippen molar-refractivity contribution >= 4 is 5.91 Å². The van der Waals surface area contributed by atoms with E-state index in [4.69, 9.17) is 18.9 Å². The lowest BCUT2D eigenvalue weighted by Gasteiger charge is -2.38. The zero-order valence-electron chi connectivity index (χ0n) is 16.8. The average Bonchev–Trinajstić information content (AvgIpc) is 2.93. The third-order valence-electron chi connectivity index (χ3n) is 5.41. The highest BCUT2D eigenvalue weighted by Crippen LogP contribution is 2.42. The molecule has 2 atom stereocenters. The number of fused-ring (bicyclic) bond motifs is 2. The molecule has 2 aliphatic rings. The van der Waals surface area contributed by atoms with Crippen LogP contribution in [-0.4, -0.2) is 55.9 Å². The molecule has 1 amide bonds. The first-order chi connectivity index (χ1) is 13.1. The Morgan fingerprint density at radius 3 is 1.93 bits per heavy atom. The lowest BCUT2D eigenvalue weighted by atomic mass is 9.98. The maximum absolute atomic E-state index is 13.4. The molecule has 0 aromatic heterocycles. The van der Waals surface area contributed by atoms with E-state index in [0.717, 1.165) is 25.7 Å². The van der Waals surface area contributed by atoms with E-state index < -0.39 is 0 Å². The number of carbonyl (C=O) groups excluding carboxylic acids is 1. The third kappa shape index (κ3) is 4.00. The van der Waals surface area contributed by atoms with Gasteiger partial charge in [-0.2, -0.15) is 0 Å². The Bertz CT molecular complexity index is 621. The van der Waals surface area contributed by atoms with Crippen molar-refractivity contribution in [3.8, 4) is 17.2 Å². The van der Waals surface area contributed by atoms with E-state index in [1.54, 1.807) is 19.2 Å². The summed E-state index contributed by atoms with van der Waals surface area (Å²) >= 11 is 0. The Kier molecular flexibility index (Phi) is 6.47. The number of benzene rings is 1. The average molecular weight is 377 g/mol. The van der Waals surface area contributed by atoms with Gasteiger partial charge in [0.2, 0.25) is 5.75 Å². The monoisotopic (exact) mass is 377 g/mol. The smallest absolute Gasteiger partial charge is 0.254 e. The fourth-order valence-corrected chi connectivity index (χ4v) is 4.31. The molecule has 2 saturated heterocycles. The number of piperidine rings is 1. The normalized spacial score (nSPS) is 24.0. The predicted octanol–water partition coefficient (Wildman–Crippen LogP) is 3.66. The van der Waals surface area contributed by atoms with E-state index >= 15 is 0 Å². The number of ether oxygens (including phenoxy) is 4. The van der Waals surface area contributed by atoms with Crippen LogP contribution < -0.4 is 14.2 Å². The molecule has 0 saturated carbocycles. The molecule has 2 heterocycles. The zero-order chi connectivity index (χ0) is 19.4. The molecule has 2 bridgehead atoms. The number of nitrogens with zero attached hydrogens (tertiary/aromatic N) is 1. The molecule has 6 heteroatoms. The molecule has 0 radical (unpaired) electrons. The molecule has 150 valence electrons. The minimum Gasteiger partial charge on any atom is -0.490 e. The fourth-order valence-electron chi connectivity index (χ4n) is 4.31. The van der Waals surface area contributed by atoms with Gasteiger partial charge in [0, 0.05) is 24.8 Å². The number of hydrogen-bond acceptors (Lipinski definition) is 5. The van der Waals surface area contributed by atoms with Crippen LogP contribution in [0.15, 0.2) is 12.1 Å². The lowest BCUT2D eigenvalue weighted by molar-refractivity contribution is 0.00818. The molecule has 2 unspecified atom stereocenters. The van der Waals surface area contributed by atoms with Crippen LogP contribution >= 0.6 is 0 Å². The van der Waals surface area contributed by atoms with Gasteiger partial charge in [-0.25, -0.2) is 0 Å². The van der Waals surface area contributed by atoms with Gasteiger partial charge >= 0.3 is 0 Å². The third-order valence-corrected chi connectivity index (χ3v) is 5.41. The van der Waals surface area contributed by atoms with Crippen LogP contribution in [0.4, 0.5) is 0 Å². The quantitative estimate of drug-likeness (QED) is 0.692. The van der Waals surface area contributed by atoms with Crippen LogP contribution in [-0.2, 0) is 4.74 Å². The molecule has 3 rings (SSSR count). The van der Waals surface area contributed by atoms with Crippen LogP contribution in [0.2, 0.25) is 0 Å². The fraction of sp³-hybridized carbons (Fsp3) is 0.667. The van der Waals surface area contributed by atoms with E-state index in [0.29, 0.717) is 42.6 Å². The van der Waals surface area contributed by atoms with Gasteiger partial charge in [-0.05, 0) is 58.6 Å². The lowest BCUT2D eigenvalue weighted by Crippen LogP contribution is -2.48. The summed E-state index contributed by atoms with van der Waals surface area (Å²) in [4.78, 5) is 15.4. The van der Waals surface area contributed by atoms with Gasteiger partial charge in [-0.1, -0.05) is 0 Å². The second-order valence-corrected chi connectivity index (χ2v) is 7.03. The van der Waals surface area contributed by atoms with Crippen molar-refractivity contribution in [1.29, 1.82) is 0 Å². The van der Waals surface area contributed by atoms with Gasteiger partial charge in [0.1, 0.15) is 0 Å². The second kappa shape index (κ2) is 8.83. The topological polar surface area (TPSA) is 57.2 Å². The molecule has 0 N–H and O–H groups in total. The van der Waals surface area contributed by atoms with Crippen LogP contribution in [0, 0.1) is 0 Å². The van der Waals surface area contributed by atoms with Gasteiger partial charge in [0.05, 0.1) is 25.9 Å². The predicted molar refractivity (Wildman–Crippen MR) is 103 cm³/mol. The summed E-state index contributed by atoms with van der Waals surface area (Å²) in [5.41, 5.74) is 0.595. The van der Waals surface area contributed by atoms with Crippen LogP contribution in [0.5, 0.6) is 17.2 Å². The first-order valence-corrected chi connectivity index (χ1v) is 10.0. The highest BCUT2D eigenvalue weighted by atomic mass is 16.5. The number of rotatable bonds is 8. The van der Waals surface area contributed by atoms with Crippen molar-refractivity contribution in [2.24, 2.45) is 0 Å². The first kappa shape index (κ1) is 19.8. The summed E-state index contributed by atoms with van der Waals surface area (Å²) < 4.78 is 22.8. The summed E-state index contributed by atoms with van der Waals surface area (Å²) in [7, 11) is 1.76. The Morgan fingerprint density at radius 2 is 1.48 bits per heavy atom. The largest absolute Gasteiger partial charge is 0.490 e. The Balaban J connectivity index is 1.92. The van der Waals surface area contributed by atoms with Crippen molar-refractivity contribution in [2.75, 3.05) is 26.9 Å². The standard InChI is InChI=1S/C21H31NO5/c1-5-25-18-10-14(11-19(26-6-2)20(18)27-7-3)21(23)22-15-8-9-16(22)13-17(12-15)24-4/h10-11,15-17H,5-9,12-13H2,1-4H3. The number of amides is 1. The SMILES string of the molecule is CCOc1cc(C(=O)N2C3CCC2CC(OC)C3)cc(OCC)c1OCC. The first-order valence-electron chi connectivity index (χ1n) is 10.0. The van der Waals surface area contributed by atoms with E-state index in [-0.39, 0.29) is 24.1 Å². The number of carbonyl (C=O) groups is 1. The summed E-state index contributed by atoms with van der Waals surface area (Å²) in [6.07, 6.45) is 4.16. The van der Waals surface area contributed by atoms with E-state index in [1.165, 1.54) is 0 Å². The zero-order valence-corrected chi connectivity index (χ0v) is 16.8. The maximum atomic E-state index is 13.4. The summed E-state index contributed by atoms with van der Waals surface area (Å²) in [6.45, 7) is 7.24. The summed E-state index contributed by atoms with van der Waals surface area (Å²) in [6, 6.07) is 4.08. The molecule has 0 spiro atoms. The highest BCUT2D eigenvalue weighted by Gasteiger charge is 2.43. The van der Waals surface area contributed by atoms with Crippen molar-refractivity contribution in [3.05, 3.63) is 17.7 Å². The molecule has 1 aromatic carbocycles. The Hall–Kier alpha value is -1.95. The van der Waals surface area contributed by atoms with Crippen LogP contribution in [0.1, 0.15) is 56.8 Å². The maximum Gasteiger partial charge on any atom is 0.254 e. The molecule has 2 aliphatic heterocycles. The van der Waals surface area contributed by atoms with E-state index in [9.17, 15) is 4.79 Å². The molecule has 1 aromatic rings. The molecular weight excluding hydrogens is 346 g/mol. The second-order valence-electron chi connectivity index (χ2n) is 7.03. The summed E-state index contributed by atoms with van der Waals surface area (Å²) in [5.74, 6) is 1.74. The molecule has 27 heavy (non-hydrogen) atoms. The van der Waals surface area contributed by atoms with Gasteiger partial charge in [-0.15, -0.1) is 0 Å². The minimum absolute atomic E-state index is 0.0435. The van der Waals surface area contributed by atoms with Gasteiger partial charge in [0.15, 0.2) is 11.5 Å². The molecule has 2 fully saturated rings. The molecule has 0 aliphatic carbocycles. The van der Waals surface area contributed by atoms with Crippen molar-refractivity contribution < 1.29 is 23.7 Å². The Morgan fingerprint density at radius 1 is 0.963 bits per heavy atom. The van der Waals surface area contributed by atoms with Gasteiger partial charge in [-0.3, -0.25) is 4.79 Å². The van der Waals surface area contributed by atoms with Crippen molar-refractivity contribution in [1.82, 2.24) is 4.90 Å². The highest BCUT2D eigenvalue weighted by molar-refractivity contribution is 5.96. The Labute approximate surface area is 161 Å². The minimum atomic E-state index is 0.0435.